The summed E-state index contributed by atoms with van der Waals surface area (Å²) in [6, 6.07) is 12.4. The number of hydrogen-bond acceptors (Lipinski definition) is 3. The fourth-order valence-electron chi connectivity index (χ4n) is 3.34. The van der Waals surface area contributed by atoms with E-state index in [-0.39, 0.29) is 10.9 Å². The number of nitrogens with zero attached hydrogens (tertiary/aromatic N) is 1. The van der Waals surface area contributed by atoms with E-state index in [1.165, 1.54) is 4.31 Å². The van der Waals surface area contributed by atoms with Crippen molar-refractivity contribution < 1.29 is 22.7 Å². The van der Waals surface area contributed by atoms with Crippen LogP contribution in [0.15, 0.2) is 53.4 Å². The van der Waals surface area contributed by atoms with Gasteiger partial charge >= 0.3 is 5.97 Å². The number of hydrogen-bond donors (Lipinski definition) is 1. The molecule has 1 fully saturated rings. The van der Waals surface area contributed by atoms with Gasteiger partial charge in [-0.2, -0.15) is 4.31 Å². The molecular formula is C19H20FNO4S. The van der Waals surface area contributed by atoms with Crippen molar-refractivity contribution in [3.63, 3.8) is 0 Å². The fraction of sp³-hybridized carbons (Fsp3) is 0.316. The fourth-order valence-corrected chi connectivity index (χ4v) is 5.06. The Bertz CT molecular complexity index is 899. The number of rotatable bonds is 5. The molecule has 0 aliphatic carbocycles. The minimum Gasteiger partial charge on any atom is -0.478 e. The van der Waals surface area contributed by atoms with Gasteiger partial charge in [-0.25, -0.2) is 17.6 Å². The molecule has 1 aliphatic heterocycles. The molecule has 5 nitrogen and oxygen atoms in total. The number of halogens is 1. The maximum atomic E-state index is 13.6. The molecule has 1 atom stereocenters. The SMILES string of the molecule is O=C(O)c1cc(S(=O)(=O)N2CCCCC2Cc2ccccc2)ccc1F. The Labute approximate surface area is 152 Å². The van der Waals surface area contributed by atoms with Gasteiger partial charge < -0.3 is 5.11 Å². The Morgan fingerprint density at radius 2 is 1.88 bits per heavy atom. The number of sulfonamides is 1. The van der Waals surface area contributed by atoms with E-state index in [1.807, 2.05) is 30.3 Å². The van der Waals surface area contributed by atoms with Gasteiger partial charge in [0.25, 0.3) is 0 Å². The van der Waals surface area contributed by atoms with Crippen LogP contribution in [-0.4, -0.2) is 36.4 Å². The van der Waals surface area contributed by atoms with Crippen molar-refractivity contribution >= 4 is 16.0 Å². The smallest absolute Gasteiger partial charge is 0.338 e. The lowest BCUT2D eigenvalue weighted by Crippen LogP contribution is -2.44. The molecule has 2 aromatic carbocycles. The molecule has 3 rings (SSSR count). The number of carboxylic acids is 1. The highest BCUT2D eigenvalue weighted by Crippen LogP contribution is 2.28. The molecule has 0 saturated carbocycles. The predicted octanol–water partition coefficient (Wildman–Crippen LogP) is 3.31. The first-order valence-electron chi connectivity index (χ1n) is 8.48. The van der Waals surface area contributed by atoms with Crippen LogP contribution >= 0.6 is 0 Å². The Morgan fingerprint density at radius 3 is 2.58 bits per heavy atom. The van der Waals surface area contributed by atoms with Gasteiger partial charge in [0, 0.05) is 12.6 Å². The van der Waals surface area contributed by atoms with Crippen molar-refractivity contribution in [1.29, 1.82) is 0 Å². The zero-order valence-electron chi connectivity index (χ0n) is 14.1. The molecule has 2 aromatic rings. The highest BCUT2D eigenvalue weighted by molar-refractivity contribution is 7.89. The predicted molar refractivity (Wildman–Crippen MR) is 95.0 cm³/mol. The number of benzene rings is 2. The van der Waals surface area contributed by atoms with Gasteiger partial charge in [0.1, 0.15) is 5.82 Å². The molecule has 0 spiro atoms. The summed E-state index contributed by atoms with van der Waals surface area (Å²) < 4.78 is 41.2. The third-order valence-corrected chi connectivity index (χ3v) is 6.61. The topological polar surface area (TPSA) is 74.7 Å². The lowest BCUT2D eigenvalue weighted by atomic mass is 9.98. The second-order valence-corrected chi connectivity index (χ2v) is 8.29. The molecule has 1 heterocycles. The maximum absolute atomic E-state index is 13.6. The summed E-state index contributed by atoms with van der Waals surface area (Å²) in [6.45, 7) is 0.375. The van der Waals surface area contributed by atoms with Gasteiger partial charge in [-0.3, -0.25) is 0 Å². The summed E-state index contributed by atoms with van der Waals surface area (Å²) in [4.78, 5) is 11.0. The standard InChI is InChI=1S/C19H20FNO4S/c20-18-10-9-16(13-17(18)19(22)23)26(24,25)21-11-5-4-8-15(21)12-14-6-2-1-3-7-14/h1-3,6-7,9-10,13,15H,4-5,8,11-12H2,(H,22,23). The molecule has 1 unspecified atom stereocenters. The molecule has 7 heteroatoms. The Morgan fingerprint density at radius 1 is 1.15 bits per heavy atom. The molecule has 0 bridgehead atoms. The first kappa shape index (κ1) is 18.5. The van der Waals surface area contributed by atoms with Crippen LogP contribution in [0.5, 0.6) is 0 Å². The van der Waals surface area contributed by atoms with Crippen LogP contribution in [0.2, 0.25) is 0 Å². The largest absolute Gasteiger partial charge is 0.478 e. The van der Waals surface area contributed by atoms with E-state index in [0.29, 0.717) is 13.0 Å². The van der Waals surface area contributed by atoms with E-state index in [2.05, 4.69) is 0 Å². The number of aromatic carboxylic acids is 1. The average Bonchev–Trinajstić information content (AvgIpc) is 2.63. The van der Waals surface area contributed by atoms with Crippen LogP contribution in [0.1, 0.15) is 35.2 Å². The summed E-state index contributed by atoms with van der Waals surface area (Å²) in [5, 5.41) is 9.06. The minimum atomic E-state index is -3.90. The Balaban J connectivity index is 1.93. The van der Waals surface area contributed by atoms with Gasteiger partial charge in [-0.15, -0.1) is 0 Å². The molecule has 138 valence electrons. The summed E-state index contributed by atoms with van der Waals surface area (Å²) in [7, 11) is -3.90. The van der Waals surface area contributed by atoms with E-state index in [9.17, 15) is 17.6 Å². The number of carbonyl (C=O) groups is 1. The molecule has 1 N–H and O–H groups in total. The summed E-state index contributed by atoms with van der Waals surface area (Å²) in [5.41, 5.74) is 0.410. The van der Waals surface area contributed by atoms with Crippen molar-refractivity contribution in [3.05, 3.63) is 65.5 Å². The molecular weight excluding hydrogens is 357 g/mol. The minimum absolute atomic E-state index is 0.184. The lowest BCUT2D eigenvalue weighted by Gasteiger charge is -2.35. The molecule has 0 aromatic heterocycles. The average molecular weight is 377 g/mol. The van der Waals surface area contributed by atoms with E-state index in [1.54, 1.807) is 0 Å². The van der Waals surface area contributed by atoms with Crippen LogP contribution in [0.25, 0.3) is 0 Å². The molecule has 26 heavy (non-hydrogen) atoms. The first-order chi connectivity index (χ1) is 12.4. The molecule has 1 saturated heterocycles. The number of carboxylic acid groups (broad SMARTS) is 1. The molecule has 1 aliphatic rings. The van der Waals surface area contributed by atoms with Crippen molar-refractivity contribution in [3.8, 4) is 0 Å². The monoisotopic (exact) mass is 377 g/mol. The first-order valence-corrected chi connectivity index (χ1v) is 9.92. The maximum Gasteiger partial charge on any atom is 0.338 e. The second-order valence-electron chi connectivity index (χ2n) is 6.40. The van der Waals surface area contributed by atoms with Gasteiger partial charge in [-0.05, 0) is 43.0 Å². The lowest BCUT2D eigenvalue weighted by molar-refractivity contribution is 0.0691. The zero-order chi connectivity index (χ0) is 18.7. The number of piperidine rings is 1. The quantitative estimate of drug-likeness (QED) is 0.867. The van der Waals surface area contributed by atoms with Crippen LogP contribution in [-0.2, 0) is 16.4 Å². The van der Waals surface area contributed by atoms with Gasteiger partial charge in [0.15, 0.2) is 0 Å². The van der Waals surface area contributed by atoms with Gasteiger partial charge in [-0.1, -0.05) is 36.8 Å². The van der Waals surface area contributed by atoms with Crippen LogP contribution in [0.4, 0.5) is 4.39 Å². The van der Waals surface area contributed by atoms with E-state index in [0.717, 1.165) is 43.0 Å². The highest BCUT2D eigenvalue weighted by Gasteiger charge is 2.34. The van der Waals surface area contributed by atoms with E-state index in [4.69, 9.17) is 5.11 Å². The van der Waals surface area contributed by atoms with Crippen molar-refractivity contribution in [2.75, 3.05) is 6.54 Å². The van der Waals surface area contributed by atoms with Crippen LogP contribution < -0.4 is 0 Å². The Hall–Kier alpha value is -2.25. The second kappa shape index (κ2) is 7.55. The van der Waals surface area contributed by atoms with Gasteiger partial charge in [0.05, 0.1) is 10.5 Å². The zero-order valence-corrected chi connectivity index (χ0v) is 15.0. The summed E-state index contributed by atoms with van der Waals surface area (Å²) >= 11 is 0. The van der Waals surface area contributed by atoms with Crippen LogP contribution in [0.3, 0.4) is 0 Å². The highest BCUT2D eigenvalue weighted by atomic mass is 32.2. The van der Waals surface area contributed by atoms with Crippen molar-refractivity contribution in [1.82, 2.24) is 4.31 Å². The third-order valence-electron chi connectivity index (χ3n) is 4.66. The van der Waals surface area contributed by atoms with Crippen molar-refractivity contribution in [2.45, 2.75) is 36.6 Å². The van der Waals surface area contributed by atoms with E-state index < -0.39 is 27.4 Å². The van der Waals surface area contributed by atoms with Crippen molar-refractivity contribution in [2.24, 2.45) is 0 Å². The van der Waals surface area contributed by atoms with Gasteiger partial charge in [0.2, 0.25) is 10.0 Å². The molecule has 0 radical (unpaired) electrons. The summed E-state index contributed by atoms with van der Waals surface area (Å²) in [6.07, 6.45) is 3.01. The summed E-state index contributed by atoms with van der Waals surface area (Å²) in [5.74, 6) is -2.44. The van der Waals surface area contributed by atoms with E-state index >= 15 is 0 Å². The normalized spacial score (nSPS) is 18.6. The molecule has 0 amide bonds. The van der Waals surface area contributed by atoms with Crippen LogP contribution in [0, 0.1) is 5.82 Å². The third kappa shape index (κ3) is 3.78. The Kier molecular flexibility index (Phi) is 5.38.